The van der Waals surface area contributed by atoms with E-state index in [0.717, 1.165) is 5.69 Å². The third kappa shape index (κ3) is 4.64. The zero-order chi connectivity index (χ0) is 19.6. The highest BCUT2D eigenvalue weighted by atomic mass is 35.5. The van der Waals surface area contributed by atoms with E-state index in [9.17, 15) is 4.79 Å². The highest BCUT2D eigenvalue weighted by Gasteiger charge is 2.20. The van der Waals surface area contributed by atoms with Crippen molar-refractivity contribution in [3.63, 3.8) is 0 Å². The fourth-order valence-electron chi connectivity index (χ4n) is 2.65. The van der Waals surface area contributed by atoms with Crippen LogP contribution >= 0.6 is 24.0 Å². The second-order valence-corrected chi connectivity index (χ2v) is 6.73. The molecule has 0 saturated heterocycles. The summed E-state index contributed by atoms with van der Waals surface area (Å²) in [5.41, 5.74) is 2.83. The summed E-state index contributed by atoms with van der Waals surface area (Å²) in [6.45, 7) is 5.48. The SMILES string of the molecule is COc1ccc(Cl)cc1Nc1c(C(=O)OC(C)C)cnc2nc(C)ccc12.Cl. The molecule has 148 valence electrons. The van der Waals surface area contributed by atoms with Crippen LogP contribution in [0.5, 0.6) is 5.75 Å². The van der Waals surface area contributed by atoms with Crippen molar-refractivity contribution in [2.75, 3.05) is 12.4 Å². The molecule has 0 radical (unpaired) electrons. The molecule has 0 atom stereocenters. The second kappa shape index (κ2) is 9.08. The molecule has 1 aromatic carbocycles. The number of anilines is 2. The number of rotatable bonds is 5. The fourth-order valence-corrected chi connectivity index (χ4v) is 2.82. The monoisotopic (exact) mass is 421 g/mol. The maximum Gasteiger partial charge on any atom is 0.342 e. The predicted octanol–water partition coefficient (Wildman–Crippen LogP) is 5.33. The number of pyridine rings is 2. The molecular weight excluding hydrogens is 401 g/mol. The molecule has 2 aromatic heterocycles. The summed E-state index contributed by atoms with van der Waals surface area (Å²) in [6, 6.07) is 8.95. The lowest BCUT2D eigenvalue weighted by Gasteiger charge is -2.17. The van der Waals surface area contributed by atoms with Crippen molar-refractivity contribution in [3.8, 4) is 5.75 Å². The highest BCUT2D eigenvalue weighted by Crippen LogP contribution is 2.35. The highest BCUT2D eigenvalue weighted by molar-refractivity contribution is 6.31. The quantitative estimate of drug-likeness (QED) is 0.561. The number of methoxy groups -OCH3 is 1. The third-order valence-electron chi connectivity index (χ3n) is 3.85. The molecule has 0 unspecified atom stereocenters. The van der Waals surface area contributed by atoms with E-state index in [4.69, 9.17) is 21.1 Å². The van der Waals surface area contributed by atoms with Crippen LogP contribution in [0.2, 0.25) is 5.02 Å². The second-order valence-electron chi connectivity index (χ2n) is 6.29. The molecule has 3 aromatic rings. The topological polar surface area (TPSA) is 73.3 Å². The summed E-state index contributed by atoms with van der Waals surface area (Å²) >= 11 is 6.14. The van der Waals surface area contributed by atoms with Crippen LogP contribution in [0, 0.1) is 6.92 Å². The van der Waals surface area contributed by atoms with Gasteiger partial charge in [-0.15, -0.1) is 12.4 Å². The number of nitrogens with one attached hydrogen (secondary N) is 1. The van der Waals surface area contributed by atoms with E-state index in [2.05, 4.69) is 15.3 Å². The minimum atomic E-state index is -0.469. The summed E-state index contributed by atoms with van der Waals surface area (Å²) in [4.78, 5) is 21.4. The number of halogens is 2. The lowest BCUT2D eigenvalue weighted by Crippen LogP contribution is -2.14. The van der Waals surface area contributed by atoms with E-state index < -0.39 is 5.97 Å². The number of ether oxygens (including phenoxy) is 2. The largest absolute Gasteiger partial charge is 0.495 e. The number of fused-ring (bicyclic) bond motifs is 1. The lowest BCUT2D eigenvalue weighted by molar-refractivity contribution is 0.0379. The van der Waals surface area contributed by atoms with E-state index in [1.165, 1.54) is 6.20 Å². The molecule has 0 amide bonds. The molecule has 2 heterocycles. The van der Waals surface area contributed by atoms with Gasteiger partial charge in [0.1, 0.15) is 11.3 Å². The van der Waals surface area contributed by atoms with Crippen molar-refractivity contribution in [1.29, 1.82) is 0 Å². The zero-order valence-corrected chi connectivity index (χ0v) is 17.5. The van der Waals surface area contributed by atoms with Gasteiger partial charge in [-0.3, -0.25) is 0 Å². The summed E-state index contributed by atoms with van der Waals surface area (Å²) in [5.74, 6) is 0.121. The average Bonchev–Trinajstić information content (AvgIpc) is 2.61. The standard InChI is InChI=1S/C20H20ClN3O3.ClH/c1-11(2)27-20(25)15-10-22-19-14(7-5-12(3)23-19)18(15)24-16-9-13(21)6-8-17(16)26-4;/h5-11H,1-4H3,(H,22,23,24);1H. The number of hydrogen-bond acceptors (Lipinski definition) is 6. The van der Waals surface area contributed by atoms with Crippen molar-refractivity contribution in [3.05, 3.63) is 52.8 Å². The van der Waals surface area contributed by atoms with Crippen molar-refractivity contribution < 1.29 is 14.3 Å². The van der Waals surface area contributed by atoms with Crippen molar-refractivity contribution in [1.82, 2.24) is 9.97 Å². The molecule has 3 rings (SSSR count). The molecule has 0 aliphatic rings. The first kappa shape index (κ1) is 21.7. The Kier molecular flexibility index (Phi) is 7.05. The lowest BCUT2D eigenvalue weighted by atomic mass is 10.1. The zero-order valence-electron chi connectivity index (χ0n) is 15.9. The van der Waals surface area contributed by atoms with Gasteiger partial charge in [0.15, 0.2) is 5.65 Å². The number of esters is 1. The number of benzene rings is 1. The van der Waals surface area contributed by atoms with Crippen LogP contribution < -0.4 is 10.1 Å². The Morgan fingerprint density at radius 1 is 1.21 bits per heavy atom. The molecule has 1 N–H and O–H groups in total. The van der Waals surface area contributed by atoms with Gasteiger partial charge in [-0.2, -0.15) is 0 Å². The molecular formula is C20H21Cl2N3O3. The van der Waals surface area contributed by atoms with Crippen molar-refractivity contribution in [2.45, 2.75) is 26.9 Å². The van der Waals surface area contributed by atoms with E-state index in [0.29, 0.717) is 38.7 Å². The smallest absolute Gasteiger partial charge is 0.342 e. The van der Waals surface area contributed by atoms with E-state index in [1.807, 2.05) is 19.1 Å². The molecule has 8 heteroatoms. The predicted molar refractivity (Wildman–Crippen MR) is 113 cm³/mol. The number of aromatic nitrogens is 2. The van der Waals surface area contributed by atoms with Crippen LogP contribution in [0.1, 0.15) is 29.9 Å². The Morgan fingerprint density at radius 2 is 1.96 bits per heavy atom. The number of aryl methyl sites for hydroxylation is 1. The number of nitrogens with zero attached hydrogens (tertiary/aromatic N) is 2. The Morgan fingerprint density at radius 3 is 2.64 bits per heavy atom. The molecule has 0 bridgehead atoms. The van der Waals surface area contributed by atoms with E-state index >= 15 is 0 Å². The molecule has 0 aliphatic heterocycles. The normalized spacial score (nSPS) is 10.5. The molecule has 0 fully saturated rings. The first-order valence-electron chi connectivity index (χ1n) is 8.47. The summed E-state index contributed by atoms with van der Waals surface area (Å²) in [5, 5.41) is 4.49. The van der Waals surface area contributed by atoms with Crippen LogP contribution in [0.3, 0.4) is 0 Å². The minimum Gasteiger partial charge on any atom is -0.495 e. The molecule has 0 spiro atoms. The summed E-state index contributed by atoms with van der Waals surface area (Å²) < 4.78 is 10.8. The van der Waals surface area contributed by atoms with Crippen LogP contribution in [-0.4, -0.2) is 29.2 Å². The van der Waals surface area contributed by atoms with Gasteiger partial charge in [0, 0.05) is 22.3 Å². The van der Waals surface area contributed by atoms with E-state index in [1.54, 1.807) is 39.2 Å². The Labute approximate surface area is 174 Å². The maximum absolute atomic E-state index is 12.6. The van der Waals surface area contributed by atoms with Crippen molar-refractivity contribution >= 4 is 52.4 Å². The number of carbonyl (C=O) groups is 1. The van der Waals surface area contributed by atoms with Gasteiger partial charge in [0.25, 0.3) is 0 Å². The molecule has 0 aliphatic carbocycles. The Bertz CT molecular complexity index is 1010. The first-order chi connectivity index (χ1) is 12.9. The van der Waals surface area contributed by atoms with Gasteiger partial charge in [-0.05, 0) is 51.1 Å². The van der Waals surface area contributed by atoms with Gasteiger partial charge in [-0.1, -0.05) is 11.6 Å². The van der Waals surface area contributed by atoms with Crippen LogP contribution in [0.15, 0.2) is 36.5 Å². The fraction of sp³-hybridized carbons (Fsp3) is 0.250. The van der Waals surface area contributed by atoms with Gasteiger partial charge in [-0.25, -0.2) is 14.8 Å². The van der Waals surface area contributed by atoms with Gasteiger partial charge < -0.3 is 14.8 Å². The van der Waals surface area contributed by atoms with Gasteiger partial charge >= 0.3 is 5.97 Å². The molecule has 6 nitrogen and oxygen atoms in total. The number of hydrogen-bond donors (Lipinski definition) is 1. The number of carbonyl (C=O) groups excluding carboxylic acids is 1. The third-order valence-corrected chi connectivity index (χ3v) is 4.09. The molecule has 0 saturated carbocycles. The van der Waals surface area contributed by atoms with Gasteiger partial charge in [0.2, 0.25) is 0 Å². The summed E-state index contributed by atoms with van der Waals surface area (Å²) in [6.07, 6.45) is 1.22. The van der Waals surface area contributed by atoms with Gasteiger partial charge in [0.05, 0.1) is 24.6 Å². The van der Waals surface area contributed by atoms with E-state index in [-0.39, 0.29) is 18.5 Å². The van der Waals surface area contributed by atoms with Crippen LogP contribution in [-0.2, 0) is 4.74 Å². The maximum atomic E-state index is 12.6. The Balaban J connectivity index is 0.00000280. The van der Waals surface area contributed by atoms with Crippen LogP contribution in [0.4, 0.5) is 11.4 Å². The van der Waals surface area contributed by atoms with Crippen molar-refractivity contribution in [2.24, 2.45) is 0 Å². The first-order valence-corrected chi connectivity index (χ1v) is 8.84. The summed E-state index contributed by atoms with van der Waals surface area (Å²) in [7, 11) is 1.57. The minimum absolute atomic E-state index is 0. The average molecular weight is 422 g/mol. The Hall–Kier alpha value is -2.57. The van der Waals surface area contributed by atoms with Crippen LogP contribution in [0.25, 0.3) is 11.0 Å². The molecule has 28 heavy (non-hydrogen) atoms.